The minimum absolute atomic E-state index is 0.474. The zero-order chi connectivity index (χ0) is 23.0. The van der Waals surface area contributed by atoms with Gasteiger partial charge in [-0.15, -0.1) is 0 Å². The largest absolute Gasteiger partial charge is 0.458 e. The van der Waals surface area contributed by atoms with Crippen LogP contribution in [0.5, 0.6) is 5.75 Å². The van der Waals surface area contributed by atoms with Crippen molar-refractivity contribution in [3.05, 3.63) is 71.3 Å². The van der Waals surface area contributed by atoms with E-state index in [9.17, 15) is 5.26 Å². The van der Waals surface area contributed by atoms with Gasteiger partial charge in [-0.3, -0.25) is 0 Å². The average Bonchev–Trinajstić information content (AvgIpc) is 2.86. The first-order valence-corrected chi connectivity index (χ1v) is 12.4. The molecule has 2 aliphatic heterocycles. The summed E-state index contributed by atoms with van der Waals surface area (Å²) in [5, 5.41) is 17.3. The normalized spacial score (nSPS) is 23.4. The minimum atomic E-state index is 0.474. The molecule has 0 amide bonds. The van der Waals surface area contributed by atoms with E-state index in [0.29, 0.717) is 12.0 Å². The van der Waals surface area contributed by atoms with Crippen molar-refractivity contribution in [3.8, 4) is 11.8 Å². The predicted molar refractivity (Wildman–Crippen MR) is 134 cm³/mol. The number of piperidine rings is 1. The molecule has 4 rings (SSSR count). The standard InChI is InChI=1S/C28H36N4O/c1-3-7-25(21-10-12-24(13-11-21)33-23-8-5-4-6-9-23)26(20-29)28-31-19-16-27(32(28)2)22-14-17-30-18-15-22/h5,7-13,22,27,30-31H,3-4,6,14-19H2,1-2H3/b25-7+,28-26-. The second-order valence-electron chi connectivity index (χ2n) is 9.06. The maximum atomic E-state index is 10.3. The van der Waals surface area contributed by atoms with Crippen LogP contribution in [0.25, 0.3) is 5.57 Å². The Bertz CT molecular complexity index is 974. The van der Waals surface area contributed by atoms with Crippen LogP contribution < -0.4 is 15.4 Å². The summed E-state index contributed by atoms with van der Waals surface area (Å²) in [4.78, 5) is 2.33. The topological polar surface area (TPSA) is 60.3 Å². The van der Waals surface area contributed by atoms with E-state index in [-0.39, 0.29) is 0 Å². The molecule has 0 spiro atoms. The summed E-state index contributed by atoms with van der Waals surface area (Å²) < 4.78 is 6.00. The lowest BCUT2D eigenvalue weighted by molar-refractivity contribution is 0.141. The van der Waals surface area contributed by atoms with Crippen LogP contribution in [0.2, 0.25) is 0 Å². The van der Waals surface area contributed by atoms with Gasteiger partial charge in [0.05, 0.1) is 5.57 Å². The molecule has 2 heterocycles. The maximum Gasteiger partial charge on any atom is 0.127 e. The van der Waals surface area contributed by atoms with E-state index >= 15 is 0 Å². The van der Waals surface area contributed by atoms with Gasteiger partial charge in [0.25, 0.3) is 0 Å². The Morgan fingerprint density at radius 1 is 1.15 bits per heavy atom. The zero-order valence-corrected chi connectivity index (χ0v) is 19.9. The van der Waals surface area contributed by atoms with Crippen molar-refractivity contribution < 1.29 is 4.74 Å². The molecule has 2 saturated heterocycles. The number of hydrogen-bond donors (Lipinski definition) is 2. The summed E-state index contributed by atoms with van der Waals surface area (Å²) in [5.41, 5.74) is 2.76. The molecule has 33 heavy (non-hydrogen) atoms. The first-order chi connectivity index (χ1) is 16.2. The summed E-state index contributed by atoms with van der Waals surface area (Å²) in [6.07, 6.45) is 14.9. The molecule has 2 fully saturated rings. The molecule has 5 heteroatoms. The van der Waals surface area contributed by atoms with Gasteiger partial charge < -0.3 is 20.3 Å². The van der Waals surface area contributed by atoms with Crippen molar-refractivity contribution in [3.63, 3.8) is 0 Å². The van der Waals surface area contributed by atoms with E-state index in [0.717, 1.165) is 79.4 Å². The molecule has 2 N–H and O–H groups in total. The maximum absolute atomic E-state index is 10.3. The van der Waals surface area contributed by atoms with E-state index in [4.69, 9.17) is 4.74 Å². The van der Waals surface area contributed by atoms with Crippen LogP contribution in [-0.2, 0) is 0 Å². The summed E-state index contributed by atoms with van der Waals surface area (Å²) in [6, 6.07) is 11.1. The van der Waals surface area contributed by atoms with Crippen molar-refractivity contribution in [2.75, 3.05) is 26.7 Å². The monoisotopic (exact) mass is 444 g/mol. The van der Waals surface area contributed by atoms with Crippen LogP contribution in [0.4, 0.5) is 0 Å². The van der Waals surface area contributed by atoms with Crippen molar-refractivity contribution in [2.24, 2.45) is 5.92 Å². The quantitative estimate of drug-likeness (QED) is 0.596. The Kier molecular flexibility index (Phi) is 7.91. The second-order valence-corrected chi connectivity index (χ2v) is 9.06. The number of ether oxygens (including phenoxy) is 1. The smallest absolute Gasteiger partial charge is 0.127 e. The van der Waals surface area contributed by atoms with Crippen LogP contribution in [0.1, 0.15) is 51.0 Å². The predicted octanol–water partition coefficient (Wildman–Crippen LogP) is 5.12. The molecule has 174 valence electrons. The molecule has 5 nitrogen and oxygen atoms in total. The van der Waals surface area contributed by atoms with Crippen LogP contribution in [0.3, 0.4) is 0 Å². The third-order valence-electron chi connectivity index (χ3n) is 6.90. The van der Waals surface area contributed by atoms with E-state index in [2.05, 4.69) is 65.9 Å². The number of nitriles is 1. The molecule has 1 aliphatic carbocycles. The van der Waals surface area contributed by atoms with Gasteiger partial charge in [0.2, 0.25) is 0 Å². The second kappa shape index (κ2) is 11.2. The van der Waals surface area contributed by atoms with Crippen LogP contribution in [-0.4, -0.2) is 37.6 Å². The molecule has 1 unspecified atom stereocenters. The molecular weight excluding hydrogens is 408 g/mol. The lowest BCUT2D eigenvalue weighted by Gasteiger charge is -2.43. The van der Waals surface area contributed by atoms with Crippen molar-refractivity contribution >= 4 is 5.57 Å². The average molecular weight is 445 g/mol. The van der Waals surface area contributed by atoms with E-state index < -0.39 is 0 Å². The molecular formula is C28H36N4O. The molecule has 0 aromatic heterocycles. The highest BCUT2D eigenvalue weighted by atomic mass is 16.5. The molecule has 1 aromatic carbocycles. The highest BCUT2D eigenvalue weighted by Crippen LogP contribution is 2.33. The van der Waals surface area contributed by atoms with Gasteiger partial charge in [-0.05, 0) is 93.0 Å². The zero-order valence-electron chi connectivity index (χ0n) is 19.9. The third-order valence-corrected chi connectivity index (χ3v) is 6.90. The van der Waals surface area contributed by atoms with Gasteiger partial charge in [0, 0.05) is 19.6 Å². The Morgan fingerprint density at radius 3 is 2.61 bits per heavy atom. The fourth-order valence-corrected chi connectivity index (χ4v) is 5.18. The van der Waals surface area contributed by atoms with Gasteiger partial charge in [0.15, 0.2) is 0 Å². The van der Waals surface area contributed by atoms with E-state index in [1.54, 1.807) is 0 Å². The Balaban J connectivity index is 1.59. The Hall–Kier alpha value is -2.97. The van der Waals surface area contributed by atoms with Gasteiger partial charge in [-0.1, -0.05) is 31.2 Å². The first kappa shape index (κ1) is 23.2. The van der Waals surface area contributed by atoms with E-state index in [1.807, 2.05) is 18.2 Å². The molecule has 3 aliphatic rings. The van der Waals surface area contributed by atoms with Crippen molar-refractivity contribution in [2.45, 2.75) is 51.5 Å². The SMILES string of the molecule is CC/C=C(/C(C#N)=C1/NCCC(C2CCNCC2)N1C)c1ccc(OC2=CCCC=C2)cc1. The number of allylic oxidation sites excluding steroid dienone is 6. The van der Waals surface area contributed by atoms with Crippen LogP contribution >= 0.6 is 0 Å². The number of rotatable bonds is 6. The van der Waals surface area contributed by atoms with Gasteiger partial charge in [-0.25, -0.2) is 0 Å². The first-order valence-electron chi connectivity index (χ1n) is 12.4. The lowest BCUT2D eigenvalue weighted by Crippen LogP contribution is -2.50. The van der Waals surface area contributed by atoms with Gasteiger partial charge in [-0.2, -0.15) is 5.26 Å². The fraction of sp³-hybridized carbons (Fsp3) is 0.464. The van der Waals surface area contributed by atoms with Crippen molar-refractivity contribution in [1.29, 1.82) is 5.26 Å². The summed E-state index contributed by atoms with van der Waals surface area (Å²) in [7, 11) is 2.15. The molecule has 0 bridgehead atoms. The number of nitrogens with one attached hydrogen (secondary N) is 2. The Morgan fingerprint density at radius 2 is 1.94 bits per heavy atom. The Labute approximate surface area is 198 Å². The summed E-state index contributed by atoms with van der Waals surface area (Å²) in [5.74, 6) is 3.35. The van der Waals surface area contributed by atoms with Crippen LogP contribution in [0, 0.1) is 17.2 Å². The highest BCUT2D eigenvalue weighted by molar-refractivity contribution is 5.83. The third kappa shape index (κ3) is 5.51. The van der Waals surface area contributed by atoms with Crippen molar-refractivity contribution in [1.82, 2.24) is 15.5 Å². The summed E-state index contributed by atoms with van der Waals surface area (Å²) >= 11 is 0. The highest BCUT2D eigenvalue weighted by Gasteiger charge is 2.32. The van der Waals surface area contributed by atoms with Gasteiger partial charge in [0.1, 0.15) is 23.4 Å². The number of nitrogens with zero attached hydrogens (tertiary/aromatic N) is 2. The summed E-state index contributed by atoms with van der Waals surface area (Å²) in [6.45, 7) is 5.21. The fourth-order valence-electron chi connectivity index (χ4n) is 5.18. The number of hydrogen-bond acceptors (Lipinski definition) is 5. The molecule has 0 saturated carbocycles. The van der Waals surface area contributed by atoms with E-state index in [1.165, 1.54) is 12.8 Å². The molecule has 1 atom stereocenters. The minimum Gasteiger partial charge on any atom is -0.458 e. The van der Waals surface area contributed by atoms with Crippen LogP contribution in [0.15, 0.2) is 65.7 Å². The van der Waals surface area contributed by atoms with Gasteiger partial charge >= 0.3 is 0 Å². The number of benzene rings is 1. The molecule has 0 radical (unpaired) electrons. The lowest BCUT2D eigenvalue weighted by atomic mass is 9.86. The molecule has 1 aromatic rings.